The second-order valence-electron chi connectivity index (χ2n) is 4.83. The fraction of sp³-hybridized carbons (Fsp3) is 0.222. The molecule has 0 aliphatic heterocycles. The first kappa shape index (κ1) is 19.0. The largest absolute Gasteiger partial charge is 0.458 e. The Labute approximate surface area is 139 Å². The number of carbonyl (C=O) groups is 4. The average molecular weight is 330 g/mol. The van der Waals surface area contributed by atoms with Gasteiger partial charge >= 0.3 is 11.9 Å². The van der Waals surface area contributed by atoms with Gasteiger partial charge in [-0.15, -0.1) is 0 Å². The lowest BCUT2D eigenvalue weighted by Gasteiger charge is -2.12. The minimum atomic E-state index is -0.798. The number of hydrogen-bond donors (Lipinski definition) is 0. The van der Waals surface area contributed by atoms with Gasteiger partial charge in [-0.1, -0.05) is 25.3 Å². The van der Waals surface area contributed by atoms with Crippen LogP contribution >= 0.6 is 0 Å². The van der Waals surface area contributed by atoms with Crippen molar-refractivity contribution in [1.82, 2.24) is 0 Å². The topological polar surface area (TPSA) is 86.7 Å². The molecule has 0 aromatic heterocycles. The molecule has 126 valence electrons. The Morgan fingerprint density at radius 1 is 0.792 bits per heavy atom. The maximum absolute atomic E-state index is 12.1. The molecule has 0 atom stereocenters. The number of rotatable bonds is 8. The van der Waals surface area contributed by atoms with E-state index in [1.54, 1.807) is 0 Å². The average Bonchev–Trinajstić information content (AvgIpc) is 2.55. The fourth-order valence-electron chi connectivity index (χ4n) is 1.94. The van der Waals surface area contributed by atoms with Crippen LogP contribution in [-0.4, -0.2) is 36.7 Å². The molecule has 0 aliphatic carbocycles. The van der Waals surface area contributed by atoms with Gasteiger partial charge in [0.05, 0.1) is 11.1 Å². The number of Topliss-reactive ketones (excluding diaryl/α,β-unsaturated/α-hetero) is 2. The van der Waals surface area contributed by atoms with Crippen LogP contribution in [0.15, 0.2) is 37.4 Å². The molecule has 6 nitrogen and oxygen atoms in total. The van der Waals surface area contributed by atoms with Crippen LogP contribution < -0.4 is 0 Å². The monoisotopic (exact) mass is 330 g/mol. The van der Waals surface area contributed by atoms with E-state index in [9.17, 15) is 19.2 Å². The van der Waals surface area contributed by atoms with Crippen molar-refractivity contribution in [3.05, 3.63) is 59.7 Å². The normalized spacial score (nSPS) is 9.75. The van der Waals surface area contributed by atoms with E-state index in [4.69, 9.17) is 9.47 Å². The van der Waals surface area contributed by atoms with Gasteiger partial charge in [-0.2, -0.15) is 0 Å². The molecule has 6 heteroatoms. The molecule has 0 aliphatic rings. The predicted molar refractivity (Wildman–Crippen MR) is 87.4 cm³/mol. The van der Waals surface area contributed by atoms with E-state index in [0.717, 1.165) is 6.07 Å². The third kappa shape index (κ3) is 4.49. The van der Waals surface area contributed by atoms with Crippen LogP contribution in [0.25, 0.3) is 0 Å². The first-order valence-electron chi connectivity index (χ1n) is 7.09. The standard InChI is InChI=1S/C18H18O6/c1-5-7-23-17(21)15-10-16(18(22)24-8-6-2)14(12(4)20)9-13(15)11(3)19/h5-6,9-10H,1-2,7-8H2,3-4H3. The lowest BCUT2D eigenvalue weighted by atomic mass is 9.94. The number of hydrogen-bond acceptors (Lipinski definition) is 6. The Kier molecular flexibility index (Phi) is 6.79. The van der Waals surface area contributed by atoms with Gasteiger partial charge in [-0.3, -0.25) is 9.59 Å². The summed E-state index contributed by atoms with van der Waals surface area (Å²) >= 11 is 0. The first-order chi connectivity index (χ1) is 11.3. The summed E-state index contributed by atoms with van der Waals surface area (Å²) in [6, 6.07) is 2.35. The lowest BCUT2D eigenvalue weighted by molar-refractivity contribution is 0.0542. The highest BCUT2D eigenvalue weighted by molar-refractivity contribution is 6.12. The molecule has 0 N–H and O–H groups in total. The second-order valence-corrected chi connectivity index (χ2v) is 4.83. The molecule has 0 unspecified atom stereocenters. The Balaban J connectivity index is 3.50. The van der Waals surface area contributed by atoms with Crippen LogP contribution in [0.1, 0.15) is 55.3 Å². The summed E-state index contributed by atoms with van der Waals surface area (Å²) < 4.78 is 9.84. The van der Waals surface area contributed by atoms with Gasteiger partial charge < -0.3 is 9.47 Å². The van der Waals surface area contributed by atoms with Crippen molar-refractivity contribution in [2.75, 3.05) is 13.2 Å². The van der Waals surface area contributed by atoms with Crippen LogP contribution in [-0.2, 0) is 9.47 Å². The molecule has 0 saturated heterocycles. The van der Waals surface area contributed by atoms with Crippen LogP contribution in [0.4, 0.5) is 0 Å². The van der Waals surface area contributed by atoms with E-state index in [2.05, 4.69) is 13.2 Å². The van der Waals surface area contributed by atoms with E-state index in [1.807, 2.05) is 0 Å². The van der Waals surface area contributed by atoms with E-state index in [-0.39, 0.29) is 35.5 Å². The minimum absolute atomic E-state index is 0.00506. The summed E-state index contributed by atoms with van der Waals surface area (Å²) in [5.41, 5.74) is -0.233. The van der Waals surface area contributed by atoms with Crippen molar-refractivity contribution in [3.8, 4) is 0 Å². The second kappa shape index (κ2) is 8.57. The third-order valence-electron chi connectivity index (χ3n) is 3.02. The van der Waals surface area contributed by atoms with Gasteiger partial charge in [0.2, 0.25) is 0 Å². The molecular weight excluding hydrogens is 312 g/mol. The third-order valence-corrected chi connectivity index (χ3v) is 3.02. The molecule has 24 heavy (non-hydrogen) atoms. The Bertz CT molecular complexity index is 657. The van der Waals surface area contributed by atoms with Crippen molar-refractivity contribution >= 4 is 23.5 Å². The van der Waals surface area contributed by atoms with Crippen molar-refractivity contribution < 1.29 is 28.7 Å². The minimum Gasteiger partial charge on any atom is -0.458 e. The Hall–Kier alpha value is -3.02. The fourth-order valence-corrected chi connectivity index (χ4v) is 1.94. The summed E-state index contributed by atoms with van der Waals surface area (Å²) in [7, 11) is 0. The van der Waals surface area contributed by atoms with Gasteiger partial charge in [0, 0.05) is 11.1 Å². The molecule has 0 bridgehead atoms. The van der Waals surface area contributed by atoms with E-state index < -0.39 is 23.5 Å². The van der Waals surface area contributed by atoms with Crippen molar-refractivity contribution in [2.45, 2.75) is 13.8 Å². The zero-order valence-corrected chi connectivity index (χ0v) is 13.6. The molecule has 0 amide bonds. The number of ketones is 2. The molecule has 0 saturated carbocycles. The van der Waals surface area contributed by atoms with Gasteiger partial charge in [0.25, 0.3) is 0 Å². The van der Waals surface area contributed by atoms with E-state index in [0.29, 0.717) is 0 Å². The number of esters is 2. The smallest absolute Gasteiger partial charge is 0.339 e. The number of benzene rings is 1. The molecule has 1 aromatic rings. The predicted octanol–water partition coefficient (Wildman–Crippen LogP) is 2.78. The Morgan fingerprint density at radius 2 is 1.12 bits per heavy atom. The van der Waals surface area contributed by atoms with E-state index >= 15 is 0 Å². The van der Waals surface area contributed by atoms with Gasteiger partial charge in [-0.25, -0.2) is 9.59 Å². The number of ether oxygens (including phenoxy) is 2. The molecule has 1 rings (SSSR count). The van der Waals surface area contributed by atoms with Crippen LogP contribution in [0.3, 0.4) is 0 Å². The maximum Gasteiger partial charge on any atom is 0.339 e. The van der Waals surface area contributed by atoms with Crippen LogP contribution in [0, 0.1) is 0 Å². The lowest BCUT2D eigenvalue weighted by Crippen LogP contribution is -2.17. The van der Waals surface area contributed by atoms with Crippen molar-refractivity contribution in [2.24, 2.45) is 0 Å². The SMILES string of the molecule is C=CCOC(=O)c1cc(C(=O)OCC=C)c(C(C)=O)cc1C(C)=O. The van der Waals surface area contributed by atoms with Crippen LogP contribution in [0.2, 0.25) is 0 Å². The highest BCUT2D eigenvalue weighted by Gasteiger charge is 2.24. The molecule has 1 aromatic carbocycles. The molecule has 0 fully saturated rings. The van der Waals surface area contributed by atoms with Crippen molar-refractivity contribution in [1.29, 1.82) is 0 Å². The summed E-state index contributed by atoms with van der Waals surface area (Å²) in [4.78, 5) is 47.9. The molecule has 0 radical (unpaired) electrons. The highest BCUT2D eigenvalue weighted by atomic mass is 16.5. The summed E-state index contributed by atoms with van der Waals surface area (Å²) in [6.07, 6.45) is 2.74. The summed E-state index contributed by atoms with van der Waals surface area (Å²) in [5, 5.41) is 0. The molecule has 0 spiro atoms. The zero-order valence-electron chi connectivity index (χ0n) is 13.6. The maximum atomic E-state index is 12.1. The summed E-state index contributed by atoms with van der Waals surface area (Å²) in [5.74, 6) is -2.47. The molecule has 0 heterocycles. The first-order valence-corrected chi connectivity index (χ1v) is 7.09. The van der Waals surface area contributed by atoms with Crippen LogP contribution in [0.5, 0.6) is 0 Å². The van der Waals surface area contributed by atoms with Gasteiger partial charge in [0.1, 0.15) is 13.2 Å². The zero-order chi connectivity index (χ0) is 18.3. The van der Waals surface area contributed by atoms with E-state index in [1.165, 1.54) is 32.1 Å². The molecular formula is C18H18O6. The highest BCUT2D eigenvalue weighted by Crippen LogP contribution is 2.21. The van der Waals surface area contributed by atoms with Gasteiger partial charge in [0.15, 0.2) is 11.6 Å². The van der Waals surface area contributed by atoms with Gasteiger partial charge in [-0.05, 0) is 26.0 Å². The Morgan fingerprint density at radius 3 is 1.42 bits per heavy atom. The number of carbonyl (C=O) groups excluding carboxylic acids is 4. The van der Waals surface area contributed by atoms with Crippen molar-refractivity contribution in [3.63, 3.8) is 0 Å². The summed E-state index contributed by atoms with van der Waals surface area (Å²) in [6.45, 7) is 9.25. The quantitative estimate of drug-likeness (QED) is 0.414.